The molecule has 0 saturated heterocycles. The Hall–Kier alpha value is -0.900. The van der Waals surface area contributed by atoms with Crippen LogP contribution in [0, 0.1) is 13.8 Å². The van der Waals surface area contributed by atoms with E-state index in [9.17, 15) is 0 Å². The van der Waals surface area contributed by atoms with Gasteiger partial charge in [0.2, 0.25) is 0 Å². The Labute approximate surface area is 105 Å². The number of rotatable bonds is 7. The van der Waals surface area contributed by atoms with Gasteiger partial charge in [-0.1, -0.05) is 18.2 Å². The van der Waals surface area contributed by atoms with Crippen molar-refractivity contribution < 1.29 is 4.74 Å². The van der Waals surface area contributed by atoms with E-state index in [4.69, 9.17) is 10.5 Å². The van der Waals surface area contributed by atoms with Gasteiger partial charge in [-0.2, -0.15) is 0 Å². The summed E-state index contributed by atoms with van der Waals surface area (Å²) < 4.78 is 5.13. The zero-order valence-corrected chi connectivity index (χ0v) is 11.2. The summed E-state index contributed by atoms with van der Waals surface area (Å²) in [6.45, 7) is 8.58. The van der Waals surface area contributed by atoms with Gasteiger partial charge >= 0.3 is 0 Å². The van der Waals surface area contributed by atoms with Crippen molar-refractivity contribution in [1.29, 1.82) is 0 Å². The Bertz CT molecular complexity index is 319. The van der Waals surface area contributed by atoms with E-state index in [0.717, 1.165) is 26.2 Å². The van der Waals surface area contributed by atoms with Crippen LogP contribution in [0.2, 0.25) is 0 Å². The molecular formula is C14H24N2O. The van der Waals surface area contributed by atoms with Gasteiger partial charge in [0.25, 0.3) is 0 Å². The van der Waals surface area contributed by atoms with Crippen molar-refractivity contribution in [2.24, 2.45) is 5.73 Å². The summed E-state index contributed by atoms with van der Waals surface area (Å²) in [5, 5.41) is 0. The van der Waals surface area contributed by atoms with Crippen LogP contribution < -0.4 is 5.73 Å². The molecule has 0 heterocycles. The fourth-order valence-corrected chi connectivity index (χ4v) is 1.99. The Balaban J connectivity index is 2.70. The summed E-state index contributed by atoms with van der Waals surface area (Å²) in [6.07, 6.45) is 0. The minimum absolute atomic E-state index is 0.689. The first kappa shape index (κ1) is 14.2. The smallest absolute Gasteiger partial charge is 0.0589 e. The summed E-state index contributed by atoms with van der Waals surface area (Å²) >= 11 is 0. The van der Waals surface area contributed by atoms with Gasteiger partial charge in [-0.05, 0) is 30.5 Å². The third-order valence-corrected chi connectivity index (χ3v) is 3.08. The first-order valence-electron chi connectivity index (χ1n) is 6.15. The third kappa shape index (κ3) is 4.46. The van der Waals surface area contributed by atoms with Gasteiger partial charge in [-0.3, -0.25) is 4.90 Å². The fourth-order valence-electron chi connectivity index (χ4n) is 1.99. The average molecular weight is 236 g/mol. The molecule has 0 unspecified atom stereocenters. The average Bonchev–Trinajstić information content (AvgIpc) is 2.31. The van der Waals surface area contributed by atoms with E-state index in [1.54, 1.807) is 7.11 Å². The van der Waals surface area contributed by atoms with Crippen molar-refractivity contribution in [3.63, 3.8) is 0 Å². The molecule has 3 nitrogen and oxygen atoms in total. The lowest BCUT2D eigenvalue weighted by Crippen LogP contribution is -2.32. The molecule has 0 amide bonds. The van der Waals surface area contributed by atoms with E-state index >= 15 is 0 Å². The summed E-state index contributed by atoms with van der Waals surface area (Å²) in [5.41, 5.74) is 9.77. The maximum absolute atomic E-state index is 5.65. The van der Waals surface area contributed by atoms with Crippen LogP contribution in [0.3, 0.4) is 0 Å². The molecule has 2 N–H and O–H groups in total. The first-order valence-corrected chi connectivity index (χ1v) is 6.15. The van der Waals surface area contributed by atoms with E-state index in [1.165, 1.54) is 16.7 Å². The second-order valence-electron chi connectivity index (χ2n) is 4.43. The van der Waals surface area contributed by atoms with Crippen LogP contribution in [0.15, 0.2) is 18.2 Å². The number of aryl methyl sites for hydroxylation is 2. The van der Waals surface area contributed by atoms with Gasteiger partial charge < -0.3 is 10.5 Å². The third-order valence-electron chi connectivity index (χ3n) is 3.08. The van der Waals surface area contributed by atoms with Crippen LogP contribution >= 0.6 is 0 Å². The van der Waals surface area contributed by atoms with Gasteiger partial charge in [-0.25, -0.2) is 0 Å². The number of hydrogen-bond donors (Lipinski definition) is 1. The van der Waals surface area contributed by atoms with Crippen molar-refractivity contribution in [2.45, 2.75) is 20.4 Å². The lowest BCUT2D eigenvalue weighted by atomic mass is 10.0. The van der Waals surface area contributed by atoms with Gasteiger partial charge in [0, 0.05) is 33.3 Å². The number of nitrogens with zero attached hydrogens (tertiary/aromatic N) is 1. The van der Waals surface area contributed by atoms with Crippen LogP contribution in [-0.2, 0) is 11.3 Å². The van der Waals surface area contributed by atoms with Crippen LogP contribution in [0.1, 0.15) is 16.7 Å². The zero-order chi connectivity index (χ0) is 12.7. The topological polar surface area (TPSA) is 38.5 Å². The highest BCUT2D eigenvalue weighted by Crippen LogP contribution is 2.15. The predicted octanol–water partition coefficient (Wildman–Crippen LogP) is 1.71. The van der Waals surface area contributed by atoms with E-state index < -0.39 is 0 Å². The second-order valence-corrected chi connectivity index (χ2v) is 4.43. The van der Waals surface area contributed by atoms with Crippen molar-refractivity contribution in [3.05, 3.63) is 34.9 Å². The predicted molar refractivity (Wildman–Crippen MR) is 72.1 cm³/mol. The maximum atomic E-state index is 5.65. The van der Waals surface area contributed by atoms with E-state index in [-0.39, 0.29) is 0 Å². The summed E-state index contributed by atoms with van der Waals surface area (Å²) in [7, 11) is 1.74. The molecule has 17 heavy (non-hydrogen) atoms. The van der Waals surface area contributed by atoms with Crippen LogP contribution in [0.25, 0.3) is 0 Å². The number of ether oxygens (including phenoxy) is 1. The molecule has 0 spiro atoms. The molecule has 3 heteroatoms. The minimum Gasteiger partial charge on any atom is -0.383 e. The van der Waals surface area contributed by atoms with Gasteiger partial charge in [0.1, 0.15) is 0 Å². The highest BCUT2D eigenvalue weighted by Gasteiger charge is 2.08. The zero-order valence-electron chi connectivity index (χ0n) is 11.2. The normalized spacial score (nSPS) is 11.1. The summed E-state index contributed by atoms with van der Waals surface area (Å²) in [4.78, 5) is 2.35. The molecule has 0 radical (unpaired) electrons. The molecule has 96 valence electrons. The van der Waals surface area contributed by atoms with E-state index in [1.807, 2.05) is 0 Å². The standard InChI is InChI=1S/C14H24N2O/c1-12-5-4-6-13(2)14(12)11-16(8-7-15)9-10-17-3/h4-6H,7-11,15H2,1-3H3. The number of nitrogens with two attached hydrogens (primary N) is 1. The number of methoxy groups -OCH3 is 1. The van der Waals surface area contributed by atoms with Gasteiger partial charge in [0.05, 0.1) is 6.61 Å². The Morgan fingerprint density at radius 1 is 1.18 bits per heavy atom. The molecule has 0 fully saturated rings. The lowest BCUT2D eigenvalue weighted by molar-refractivity contribution is 0.145. The molecular weight excluding hydrogens is 212 g/mol. The highest BCUT2D eigenvalue weighted by molar-refractivity contribution is 5.33. The van der Waals surface area contributed by atoms with Crippen molar-refractivity contribution in [1.82, 2.24) is 4.90 Å². The lowest BCUT2D eigenvalue weighted by Gasteiger charge is -2.23. The van der Waals surface area contributed by atoms with Crippen molar-refractivity contribution in [2.75, 3.05) is 33.4 Å². The number of benzene rings is 1. The highest BCUT2D eigenvalue weighted by atomic mass is 16.5. The van der Waals surface area contributed by atoms with Crippen molar-refractivity contribution >= 4 is 0 Å². The second kappa shape index (κ2) is 7.43. The molecule has 0 saturated carbocycles. The summed E-state index contributed by atoms with van der Waals surface area (Å²) in [5.74, 6) is 0. The largest absolute Gasteiger partial charge is 0.383 e. The minimum atomic E-state index is 0.689. The molecule has 0 bridgehead atoms. The monoisotopic (exact) mass is 236 g/mol. The molecule has 1 rings (SSSR count). The van der Waals surface area contributed by atoms with Crippen molar-refractivity contribution in [3.8, 4) is 0 Å². The molecule has 1 aromatic carbocycles. The molecule has 0 aromatic heterocycles. The van der Waals surface area contributed by atoms with Crippen LogP contribution in [0.5, 0.6) is 0 Å². The summed E-state index contributed by atoms with van der Waals surface area (Å²) in [6, 6.07) is 6.44. The Morgan fingerprint density at radius 2 is 1.82 bits per heavy atom. The molecule has 0 aliphatic heterocycles. The van der Waals surface area contributed by atoms with Gasteiger partial charge in [-0.15, -0.1) is 0 Å². The van der Waals surface area contributed by atoms with Crippen LogP contribution in [-0.4, -0.2) is 38.3 Å². The van der Waals surface area contributed by atoms with E-state index in [2.05, 4.69) is 36.9 Å². The first-order chi connectivity index (χ1) is 8.19. The Kier molecular flexibility index (Phi) is 6.19. The Morgan fingerprint density at radius 3 is 2.35 bits per heavy atom. The van der Waals surface area contributed by atoms with E-state index in [0.29, 0.717) is 6.54 Å². The molecule has 1 aromatic rings. The molecule has 0 aliphatic rings. The fraction of sp³-hybridized carbons (Fsp3) is 0.571. The molecule has 0 atom stereocenters. The quantitative estimate of drug-likeness (QED) is 0.783. The SMILES string of the molecule is COCCN(CCN)Cc1c(C)cccc1C. The van der Waals surface area contributed by atoms with Gasteiger partial charge in [0.15, 0.2) is 0 Å². The maximum Gasteiger partial charge on any atom is 0.0589 e. The van der Waals surface area contributed by atoms with Crippen LogP contribution in [0.4, 0.5) is 0 Å². The number of hydrogen-bond acceptors (Lipinski definition) is 3. The molecule has 0 aliphatic carbocycles.